The second-order valence-electron chi connectivity index (χ2n) is 6.44. The molecule has 1 amide bonds. The van der Waals surface area contributed by atoms with E-state index in [0.29, 0.717) is 39.0 Å². The van der Waals surface area contributed by atoms with E-state index in [1.165, 1.54) is 23.1 Å². The van der Waals surface area contributed by atoms with Crippen molar-refractivity contribution in [2.75, 3.05) is 32.1 Å². The second kappa shape index (κ2) is 9.82. The summed E-state index contributed by atoms with van der Waals surface area (Å²) in [6.07, 6.45) is -4.77. The average Bonchev–Trinajstić information content (AvgIpc) is 3.03. The van der Waals surface area contributed by atoms with Gasteiger partial charge in [0.15, 0.2) is 5.13 Å². The Morgan fingerprint density at radius 2 is 1.80 bits per heavy atom. The van der Waals surface area contributed by atoms with Crippen LogP contribution in [0.5, 0.6) is 5.75 Å². The summed E-state index contributed by atoms with van der Waals surface area (Å²) in [6, 6.07) is 10.4. The van der Waals surface area contributed by atoms with E-state index in [2.05, 4.69) is 9.72 Å². The van der Waals surface area contributed by atoms with Gasteiger partial charge in [-0.15, -0.1) is 25.6 Å². The third-order valence-electron chi connectivity index (χ3n) is 3.92. The third-order valence-corrected chi connectivity index (χ3v) is 5.21. The number of ether oxygens (including phenoxy) is 1. The van der Waals surface area contributed by atoms with Gasteiger partial charge in [-0.2, -0.15) is 0 Å². The Balaban J connectivity index is 0.00000320. The highest BCUT2D eigenvalue weighted by atomic mass is 35.5. The minimum absolute atomic E-state index is 0. The zero-order chi connectivity index (χ0) is 21.2. The Hall–Kier alpha value is -2.07. The first-order valence-electron chi connectivity index (χ1n) is 8.51. The van der Waals surface area contributed by atoms with E-state index in [-0.39, 0.29) is 24.1 Å². The normalized spacial score (nSPS) is 11.4. The monoisotopic (exact) mass is 479 g/mol. The molecule has 0 unspecified atom stereocenters. The van der Waals surface area contributed by atoms with E-state index in [1.54, 1.807) is 24.3 Å². The van der Waals surface area contributed by atoms with Crippen LogP contribution < -0.4 is 9.64 Å². The van der Waals surface area contributed by atoms with E-state index in [9.17, 15) is 18.0 Å². The summed E-state index contributed by atoms with van der Waals surface area (Å²) < 4.78 is 41.9. The number of rotatable bonds is 6. The molecular formula is C19H18Cl2F3N3O2S. The minimum Gasteiger partial charge on any atom is -0.406 e. The minimum atomic E-state index is -4.77. The number of carbonyl (C=O) groups is 1. The van der Waals surface area contributed by atoms with Gasteiger partial charge in [0.25, 0.3) is 5.91 Å². The van der Waals surface area contributed by atoms with Crippen molar-refractivity contribution in [1.29, 1.82) is 0 Å². The molecule has 1 aromatic heterocycles. The number of fused-ring (bicyclic) bond motifs is 1. The van der Waals surface area contributed by atoms with Crippen molar-refractivity contribution >= 4 is 56.6 Å². The van der Waals surface area contributed by atoms with Crippen LogP contribution in [0.25, 0.3) is 10.2 Å². The molecule has 0 saturated carbocycles. The number of hydrogen-bond acceptors (Lipinski definition) is 5. The van der Waals surface area contributed by atoms with Gasteiger partial charge in [0.1, 0.15) is 5.75 Å². The summed E-state index contributed by atoms with van der Waals surface area (Å²) in [5, 5.41) is 0.907. The van der Waals surface area contributed by atoms with Gasteiger partial charge in [-0.3, -0.25) is 9.69 Å². The number of anilines is 1. The number of halogens is 5. The van der Waals surface area contributed by atoms with Gasteiger partial charge < -0.3 is 9.64 Å². The summed E-state index contributed by atoms with van der Waals surface area (Å²) >= 11 is 7.02. The highest BCUT2D eigenvalue weighted by molar-refractivity contribution is 7.22. The quantitative estimate of drug-likeness (QED) is 0.469. The Labute approximate surface area is 186 Å². The van der Waals surface area contributed by atoms with Gasteiger partial charge in [-0.25, -0.2) is 4.98 Å². The van der Waals surface area contributed by atoms with Crippen LogP contribution in [0, 0.1) is 0 Å². The van der Waals surface area contributed by atoms with E-state index >= 15 is 0 Å². The number of thiazole rings is 1. The lowest BCUT2D eigenvalue weighted by atomic mass is 10.2. The van der Waals surface area contributed by atoms with Gasteiger partial charge in [0, 0.05) is 29.7 Å². The molecule has 30 heavy (non-hydrogen) atoms. The maximum absolute atomic E-state index is 13.1. The highest BCUT2D eigenvalue weighted by Gasteiger charge is 2.31. The van der Waals surface area contributed by atoms with E-state index in [1.807, 2.05) is 19.0 Å². The van der Waals surface area contributed by atoms with Crippen molar-refractivity contribution in [3.05, 3.63) is 53.1 Å². The molecular weight excluding hydrogens is 462 g/mol. The van der Waals surface area contributed by atoms with Crippen molar-refractivity contribution < 1.29 is 22.7 Å². The molecule has 0 aliphatic rings. The van der Waals surface area contributed by atoms with Crippen LogP contribution in [0.1, 0.15) is 10.4 Å². The Kier molecular flexibility index (Phi) is 7.93. The molecule has 2 aromatic carbocycles. The number of carbonyl (C=O) groups excluding carboxylic acids is 1. The van der Waals surface area contributed by atoms with Crippen LogP contribution in [0.3, 0.4) is 0 Å². The molecule has 1 heterocycles. The number of likely N-dealkylation sites (N-methyl/N-ethyl adjacent to an activating group) is 1. The summed E-state index contributed by atoms with van der Waals surface area (Å²) in [5.74, 6) is -0.599. The molecule has 0 bridgehead atoms. The SMILES string of the molecule is CN(C)CCN(C(=O)c1ccc(Cl)cc1)c1nc2ccc(OC(F)(F)F)cc2s1.Cl. The molecule has 5 nitrogen and oxygen atoms in total. The summed E-state index contributed by atoms with van der Waals surface area (Å²) in [5.41, 5.74) is 0.923. The van der Waals surface area contributed by atoms with Gasteiger partial charge >= 0.3 is 6.36 Å². The smallest absolute Gasteiger partial charge is 0.406 e. The summed E-state index contributed by atoms with van der Waals surface area (Å²) in [4.78, 5) is 20.9. The zero-order valence-corrected chi connectivity index (χ0v) is 18.3. The van der Waals surface area contributed by atoms with Gasteiger partial charge in [-0.1, -0.05) is 22.9 Å². The zero-order valence-electron chi connectivity index (χ0n) is 15.9. The van der Waals surface area contributed by atoms with Crippen LogP contribution in [-0.4, -0.2) is 49.3 Å². The largest absolute Gasteiger partial charge is 0.573 e. The molecule has 0 N–H and O–H groups in total. The maximum Gasteiger partial charge on any atom is 0.573 e. The number of benzene rings is 2. The lowest BCUT2D eigenvalue weighted by molar-refractivity contribution is -0.274. The van der Waals surface area contributed by atoms with E-state index in [4.69, 9.17) is 11.6 Å². The number of amides is 1. The molecule has 0 aliphatic carbocycles. The number of hydrogen-bond donors (Lipinski definition) is 0. The van der Waals surface area contributed by atoms with Gasteiger partial charge in [0.2, 0.25) is 0 Å². The van der Waals surface area contributed by atoms with E-state index < -0.39 is 6.36 Å². The molecule has 3 rings (SSSR count). The molecule has 0 radical (unpaired) electrons. The lowest BCUT2D eigenvalue weighted by Crippen LogP contribution is -2.36. The van der Waals surface area contributed by atoms with Gasteiger partial charge in [0.05, 0.1) is 10.2 Å². The maximum atomic E-state index is 13.1. The topological polar surface area (TPSA) is 45.7 Å². The van der Waals surface area contributed by atoms with Crippen LogP contribution in [-0.2, 0) is 0 Å². The second-order valence-corrected chi connectivity index (χ2v) is 7.89. The highest BCUT2D eigenvalue weighted by Crippen LogP contribution is 2.33. The van der Waals surface area contributed by atoms with Crippen molar-refractivity contribution in [2.45, 2.75) is 6.36 Å². The summed E-state index contributed by atoms with van der Waals surface area (Å²) in [6.45, 7) is 0.942. The Morgan fingerprint density at radius 3 is 2.40 bits per heavy atom. The molecule has 0 fully saturated rings. The molecule has 162 valence electrons. The molecule has 11 heteroatoms. The Bertz CT molecular complexity index is 1010. The fraction of sp³-hybridized carbons (Fsp3) is 0.263. The lowest BCUT2D eigenvalue weighted by Gasteiger charge is -2.22. The van der Waals surface area contributed by atoms with Crippen molar-refractivity contribution in [2.24, 2.45) is 0 Å². The number of alkyl halides is 3. The van der Waals surface area contributed by atoms with Crippen molar-refractivity contribution in [3.8, 4) is 5.75 Å². The molecule has 0 atom stereocenters. The van der Waals surface area contributed by atoms with Crippen LogP contribution in [0.2, 0.25) is 5.02 Å². The van der Waals surface area contributed by atoms with Crippen LogP contribution in [0.4, 0.5) is 18.3 Å². The average molecular weight is 480 g/mol. The first kappa shape index (κ1) is 24.2. The molecule has 3 aromatic rings. The van der Waals surface area contributed by atoms with Crippen molar-refractivity contribution in [3.63, 3.8) is 0 Å². The molecule has 0 aliphatic heterocycles. The Morgan fingerprint density at radius 1 is 1.13 bits per heavy atom. The standard InChI is InChI=1S/C19H17ClF3N3O2S.ClH/c1-25(2)9-10-26(17(27)12-3-5-13(20)6-4-12)18-24-15-8-7-14(11-16(15)29-18)28-19(21,22)23;/h3-8,11H,9-10H2,1-2H3;1H. The predicted molar refractivity (Wildman–Crippen MR) is 115 cm³/mol. The fourth-order valence-corrected chi connectivity index (χ4v) is 3.68. The van der Waals surface area contributed by atoms with Crippen LogP contribution in [0.15, 0.2) is 42.5 Å². The van der Waals surface area contributed by atoms with Crippen molar-refractivity contribution in [1.82, 2.24) is 9.88 Å². The predicted octanol–water partition coefficient (Wildman–Crippen LogP) is 5.48. The first-order chi connectivity index (χ1) is 13.6. The number of aromatic nitrogens is 1. The molecule has 0 spiro atoms. The fourth-order valence-electron chi connectivity index (χ4n) is 2.54. The molecule has 0 saturated heterocycles. The number of nitrogens with zero attached hydrogens (tertiary/aromatic N) is 3. The summed E-state index contributed by atoms with van der Waals surface area (Å²) in [7, 11) is 3.76. The third kappa shape index (κ3) is 6.21. The van der Waals surface area contributed by atoms with E-state index in [0.717, 1.165) is 11.3 Å². The van der Waals surface area contributed by atoms with Gasteiger partial charge in [-0.05, 0) is 50.5 Å². The van der Waals surface area contributed by atoms with Crippen LogP contribution >= 0.6 is 35.3 Å². The first-order valence-corrected chi connectivity index (χ1v) is 9.70.